The van der Waals surface area contributed by atoms with E-state index >= 15 is 0 Å². The van der Waals surface area contributed by atoms with Crippen molar-refractivity contribution in [2.24, 2.45) is 0 Å². The molecular formula is C31H37N3O8S. The van der Waals surface area contributed by atoms with Crippen LogP contribution in [0.1, 0.15) is 70.6 Å². The van der Waals surface area contributed by atoms with Crippen LogP contribution in [-0.4, -0.2) is 48.6 Å². The molecule has 1 aliphatic rings. The highest BCUT2D eigenvalue weighted by Crippen LogP contribution is 2.38. The molecule has 1 aromatic carbocycles. The average molecular weight is 612 g/mol. The maximum atomic E-state index is 14.2. The first kappa shape index (κ1) is 30.7. The topological polar surface area (TPSA) is 146 Å². The molecule has 3 aromatic heterocycles. The second kappa shape index (κ2) is 12.1. The SMILES string of the molecule is Cc1c(-c2ncco2)sc2c1c(=O)n(C(C)(C)C(=O)O)c(=O)n2C[C@H](O[C@H]1CC[C@@H](O)CC1)c1ccccc1OC(C)C. The molecule has 11 nitrogen and oxygen atoms in total. The summed E-state index contributed by atoms with van der Waals surface area (Å²) in [6, 6.07) is 7.46. The molecule has 1 fully saturated rings. The van der Waals surface area contributed by atoms with Gasteiger partial charge < -0.3 is 24.1 Å². The Morgan fingerprint density at radius 3 is 2.51 bits per heavy atom. The van der Waals surface area contributed by atoms with Crippen LogP contribution >= 0.6 is 11.3 Å². The van der Waals surface area contributed by atoms with Crippen molar-refractivity contribution in [3.63, 3.8) is 0 Å². The fourth-order valence-corrected chi connectivity index (χ4v) is 6.78. The number of aromatic nitrogens is 3. The van der Waals surface area contributed by atoms with Gasteiger partial charge in [0.25, 0.3) is 5.56 Å². The number of aryl methyl sites for hydroxylation is 1. The van der Waals surface area contributed by atoms with Crippen LogP contribution in [0, 0.1) is 6.92 Å². The summed E-state index contributed by atoms with van der Waals surface area (Å²) >= 11 is 1.19. The first-order valence-corrected chi connectivity index (χ1v) is 15.2. The van der Waals surface area contributed by atoms with Gasteiger partial charge in [0.2, 0.25) is 5.89 Å². The minimum absolute atomic E-state index is 0.0200. The zero-order valence-electron chi connectivity index (χ0n) is 24.9. The molecule has 0 spiro atoms. The summed E-state index contributed by atoms with van der Waals surface area (Å²) in [4.78, 5) is 45.7. The summed E-state index contributed by atoms with van der Waals surface area (Å²) in [6.45, 7) is 8.22. The van der Waals surface area contributed by atoms with Crippen LogP contribution in [0.15, 0.2) is 50.7 Å². The molecule has 0 bridgehead atoms. The zero-order valence-corrected chi connectivity index (χ0v) is 25.7. The minimum Gasteiger partial charge on any atom is -0.491 e. The van der Waals surface area contributed by atoms with Gasteiger partial charge in [-0.05, 0) is 71.9 Å². The number of benzene rings is 1. The van der Waals surface area contributed by atoms with Gasteiger partial charge in [0.1, 0.15) is 28.5 Å². The van der Waals surface area contributed by atoms with Crippen molar-refractivity contribution in [2.45, 2.75) is 96.8 Å². The second-order valence-corrected chi connectivity index (χ2v) is 12.7. The number of para-hydroxylation sites is 1. The number of hydrogen-bond acceptors (Lipinski definition) is 9. The van der Waals surface area contributed by atoms with Crippen LogP contribution in [0.2, 0.25) is 0 Å². The number of ether oxygens (including phenoxy) is 2. The van der Waals surface area contributed by atoms with Crippen molar-refractivity contribution < 1.29 is 28.9 Å². The largest absolute Gasteiger partial charge is 0.491 e. The van der Waals surface area contributed by atoms with E-state index in [0.717, 1.165) is 10.1 Å². The third kappa shape index (κ3) is 5.91. The summed E-state index contributed by atoms with van der Waals surface area (Å²) < 4.78 is 20.6. The molecule has 12 heteroatoms. The summed E-state index contributed by atoms with van der Waals surface area (Å²) in [6.07, 6.45) is 4.05. The fourth-order valence-electron chi connectivity index (χ4n) is 5.54. The lowest BCUT2D eigenvalue weighted by atomic mass is 9.94. The van der Waals surface area contributed by atoms with Crippen LogP contribution in [0.25, 0.3) is 21.0 Å². The molecule has 0 unspecified atom stereocenters. The van der Waals surface area contributed by atoms with E-state index < -0.39 is 28.9 Å². The number of carboxylic acid groups (broad SMARTS) is 1. The number of thiophene rings is 1. The highest BCUT2D eigenvalue weighted by Gasteiger charge is 2.36. The third-order valence-electron chi connectivity index (χ3n) is 7.90. The molecule has 5 rings (SSSR count). The highest BCUT2D eigenvalue weighted by atomic mass is 32.1. The van der Waals surface area contributed by atoms with Gasteiger partial charge in [-0.15, -0.1) is 11.3 Å². The van der Waals surface area contributed by atoms with Gasteiger partial charge in [-0.1, -0.05) is 18.2 Å². The van der Waals surface area contributed by atoms with Crippen LogP contribution in [0.4, 0.5) is 0 Å². The molecule has 43 heavy (non-hydrogen) atoms. The number of nitrogens with zero attached hydrogens (tertiary/aromatic N) is 3. The van der Waals surface area contributed by atoms with Gasteiger partial charge in [-0.2, -0.15) is 0 Å². The van der Waals surface area contributed by atoms with E-state index in [0.29, 0.717) is 52.6 Å². The van der Waals surface area contributed by atoms with Gasteiger partial charge in [-0.3, -0.25) is 9.36 Å². The molecule has 0 aliphatic heterocycles. The lowest BCUT2D eigenvalue weighted by molar-refractivity contribution is -0.146. The summed E-state index contributed by atoms with van der Waals surface area (Å²) in [5.41, 5.74) is -2.04. The van der Waals surface area contributed by atoms with Gasteiger partial charge in [0.15, 0.2) is 0 Å². The van der Waals surface area contributed by atoms with Gasteiger partial charge >= 0.3 is 11.7 Å². The predicted molar refractivity (Wildman–Crippen MR) is 162 cm³/mol. The average Bonchev–Trinajstić information content (AvgIpc) is 3.59. The fraction of sp³-hybridized carbons (Fsp3) is 0.484. The monoisotopic (exact) mass is 611 g/mol. The summed E-state index contributed by atoms with van der Waals surface area (Å²) in [5.74, 6) is -0.419. The Morgan fingerprint density at radius 2 is 1.88 bits per heavy atom. The number of aliphatic carboxylic acids is 1. The first-order chi connectivity index (χ1) is 20.4. The number of oxazole rings is 1. The van der Waals surface area contributed by atoms with Gasteiger partial charge in [-0.25, -0.2) is 19.1 Å². The lowest BCUT2D eigenvalue weighted by Crippen LogP contribution is -2.52. The Hall–Kier alpha value is -3.74. The molecule has 3 heterocycles. The molecule has 1 aliphatic carbocycles. The Labute approximate surface area is 252 Å². The zero-order chi connectivity index (χ0) is 31.1. The van der Waals surface area contributed by atoms with Crippen molar-refractivity contribution in [2.75, 3.05) is 0 Å². The van der Waals surface area contributed by atoms with Crippen molar-refractivity contribution in [1.29, 1.82) is 0 Å². The van der Waals surface area contributed by atoms with Crippen molar-refractivity contribution >= 4 is 27.5 Å². The van der Waals surface area contributed by atoms with E-state index in [4.69, 9.17) is 13.9 Å². The molecule has 1 saturated carbocycles. The van der Waals surface area contributed by atoms with Crippen LogP contribution in [0.5, 0.6) is 5.75 Å². The maximum Gasteiger partial charge on any atom is 0.333 e. The molecule has 0 saturated heterocycles. The molecule has 230 valence electrons. The van der Waals surface area contributed by atoms with Crippen LogP contribution < -0.4 is 16.0 Å². The van der Waals surface area contributed by atoms with Crippen molar-refractivity contribution in [1.82, 2.24) is 14.1 Å². The summed E-state index contributed by atoms with van der Waals surface area (Å²) in [7, 11) is 0. The van der Waals surface area contributed by atoms with E-state index in [1.54, 1.807) is 6.92 Å². The molecule has 1 atom stereocenters. The Balaban J connectivity index is 1.74. The minimum atomic E-state index is -1.84. The van der Waals surface area contributed by atoms with E-state index in [-0.39, 0.29) is 30.2 Å². The van der Waals surface area contributed by atoms with E-state index in [9.17, 15) is 24.6 Å². The molecule has 0 radical (unpaired) electrons. The number of hydrogen-bond donors (Lipinski definition) is 2. The van der Waals surface area contributed by atoms with E-state index in [1.807, 2.05) is 38.1 Å². The number of fused-ring (bicyclic) bond motifs is 1. The summed E-state index contributed by atoms with van der Waals surface area (Å²) in [5, 5.41) is 20.4. The molecular weight excluding hydrogens is 574 g/mol. The van der Waals surface area contributed by atoms with E-state index in [2.05, 4.69) is 4.98 Å². The Morgan fingerprint density at radius 1 is 1.19 bits per heavy atom. The first-order valence-electron chi connectivity index (χ1n) is 14.4. The number of aliphatic hydroxyl groups excluding tert-OH is 1. The second-order valence-electron chi connectivity index (χ2n) is 11.7. The Kier molecular flexibility index (Phi) is 8.64. The number of rotatable bonds is 10. The quantitative estimate of drug-likeness (QED) is 0.257. The highest BCUT2D eigenvalue weighted by molar-refractivity contribution is 7.22. The maximum absolute atomic E-state index is 14.2. The number of carboxylic acids is 1. The van der Waals surface area contributed by atoms with Crippen molar-refractivity contribution in [3.8, 4) is 16.5 Å². The van der Waals surface area contributed by atoms with Crippen LogP contribution in [0.3, 0.4) is 0 Å². The Bertz CT molecular complexity index is 1730. The van der Waals surface area contributed by atoms with Crippen LogP contribution in [-0.2, 0) is 21.6 Å². The standard InChI is InChI=1S/C31H37N3O8S/c1-17(2)41-22-9-7-6-8-21(22)23(42-20-12-10-19(35)11-13-20)16-33-28-24(18(3)25(43-28)26-32-14-15-40-26)27(36)34(30(33)39)31(4,5)29(37)38/h6-9,14-15,17,19-20,23,35H,10-13,16H2,1-5H3,(H,37,38)/t19-,20+,23-/m0/s1. The predicted octanol–water partition coefficient (Wildman–Crippen LogP) is 4.86. The third-order valence-corrected chi connectivity index (χ3v) is 9.20. The smallest absolute Gasteiger partial charge is 0.333 e. The molecule has 4 aromatic rings. The van der Waals surface area contributed by atoms with E-state index in [1.165, 1.54) is 42.2 Å². The van der Waals surface area contributed by atoms with Crippen molar-refractivity contribution in [3.05, 3.63) is 68.7 Å². The van der Waals surface area contributed by atoms with Gasteiger partial charge in [0.05, 0.1) is 41.3 Å². The molecule has 0 amide bonds. The number of carbonyl (C=O) groups is 1. The lowest BCUT2D eigenvalue weighted by Gasteiger charge is -2.31. The number of aliphatic hydroxyl groups is 1. The normalized spacial score (nSPS) is 18.3. The van der Waals surface area contributed by atoms with Gasteiger partial charge in [0, 0.05) is 5.56 Å². The molecule has 2 N–H and O–H groups in total.